The molecule has 0 unspecified atom stereocenters. The van der Waals surface area contributed by atoms with Crippen molar-refractivity contribution in [3.8, 4) is 0 Å². The van der Waals surface area contributed by atoms with Gasteiger partial charge in [-0.15, -0.1) is 0 Å². The van der Waals surface area contributed by atoms with Gasteiger partial charge in [-0.1, -0.05) is 0 Å². The van der Waals surface area contributed by atoms with Gasteiger partial charge in [-0.05, 0) is 52.1 Å². The quantitative estimate of drug-likeness (QED) is 0.735. The highest BCUT2D eigenvalue weighted by atomic mass is 16.4. The average Bonchev–Trinajstić information content (AvgIpc) is 2.35. The van der Waals surface area contributed by atoms with Crippen LogP contribution in [0.5, 0.6) is 0 Å². The zero-order valence-electron chi connectivity index (χ0n) is 12.0. The highest BCUT2D eigenvalue weighted by Gasteiger charge is 2.22. The number of nitrogens with one attached hydrogen (secondary N) is 1. The van der Waals surface area contributed by atoms with Gasteiger partial charge in [0.2, 0.25) is 5.91 Å². The van der Waals surface area contributed by atoms with Crippen molar-refractivity contribution in [3.63, 3.8) is 0 Å². The maximum Gasteiger partial charge on any atom is 0.303 e. The number of rotatable bonds is 7. The van der Waals surface area contributed by atoms with Gasteiger partial charge in [0.25, 0.3) is 0 Å². The Balaban J connectivity index is 2.40. The van der Waals surface area contributed by atoms with Gasteiger partial charge in [0.05, 0.1) is 0 Å². The topological polar surface area (TPSA) is 69.6 Å². The van der Waals surface area contributed by atoms with Gasteiger partial charge in [0.15, 0.2) is 0 Å². The van der Waals surface area contributed by atoms with Gasteiger partial charge in [0, 0.05) is 25.4 Å². The van der Waals surface area contributed by atoms with Crippen molar-refractivity contribution in [2.45, 2.75) is 52.0 Å². The molecule has 0 radical (unpaired) electrons. The molecule has 1 saturated heterocycles. The molecule has 19 heavy (non-hydrogen) atoms. The van der Waals surface area contributed by atoms with Crippen molar-refractivity contribution >= 4 is 11.9 Å². The van der Waals surface area contributed by atoms with Crippen molar-refractivity contribution < 1.29 is 14.7 Å². The number of amides is 1. The number of nitrogens with zero attached hydrogens (tertiary/aromatic N) is 1. The van der Waals surface area contributed by atoms with Crippen LogP contribution in [-0.4, -0.2) is 47.6 Å². The van der Waals surface area contributed by atoms with E-state index in [0.29, 0.717) is 25.3 Å². The predicted octanol–water partition coefficient (Wildman–Crippen LogP) is 1.48. The third kappa shape index (κ3) is 6.05. The molecule has 0 bridgehead atoms. The molecule has 5 nitrogen and oxygen atoms in total. The number of carboxylic acids is 1. The van der Waals surface area contributed by atoms with E-state index in [1.807, 2.05) is 18.7 Å². The minimum absolute atomic E-state index is 0.129. The second-order valence-corrected chi connectivity index (χ2v) is 5.58. The number of carbonyl (C=O) groups is 2. The Morgan fingerprint density at radius 3 is 2.47 bits per heavy atom. The van der Waals surface area contributed by atoms with Crippen molar-refractivity contribution in [1.29, 1.82) is 0 Å². The summed E-state index contributed by atoms with van der Waals surface area (Å²) in [6, 6.07) is 0.142. The second kappa shape index (κ2) is 8.15. The Morgan fingerprint density at radius 2 is 1.95 bits per heavy atom. The van der Waals surface area contributed by atoms with E-state index >= 15 is 0 Å². The molecular weight excluding hydrogens is 244 g/mol. The summed E-state index contributed by atoms with van der Waals surface area (Å²) >= 11 is 0. The molecular formula is C14H26N2O3. The van der Waals surface area contributed by atoms with Crippen LogP contribution in [0.15, 0.2) is 0 Å². The lowest BCUT2D eigenvalue weighted by Crippen LogP contribution is -2.40. The van der Waals surface area contributed by atoms with Crippen molar-refractivity contribution in [2.75, 3.05) is 19.6 Å². The van der Waals surface area contributed by atoms with E-state index in [1.165, 1.54) is 0 Å². The summed E-state index contributed by atoms with van der Waals surface area (Å²) < 4.78 is 0. The molecule has 1 rings (SSSR count). The number of hydrogen-bond donors (Lipinski definition) is 2. The first-order valence-electron chi connectivity index (χ1n) is 7.22. The first-order chi connectivity index (χ1) is 9.00. The minimum atomic E-state index is -0.797. The van der Waals surface area contributed by atoms with Gasteiger partial charge in [0.1, 0.15) is 0 Å². The van der Waals surface area contributed by atoms with Crippen molar-refractivity contribution in [2.24, 2.45) is 5.92 Å². The lowest BCUT2D eigenvalue weighted by molar-refractivity contribution is -0.139. The van der Waals surface area contributed by atoms with Crippen LogP contribution < -0.4 is 5.32 Å². The number of hydrogen-bond acceptors (Lipinski definition) is 3. The molecule has 2 N–H and O–H groups in total. The zero-order chi connectivity index (χ0) is 14.3. The average molecular weight is 270 g/mol. The monoisotopic (exact) mass is 270 g/mol. The van der Waals surface area contributed by atoms with E-state index in [4.69, 9.17) is 5.11 Å². The van der Waals surface area contributed by atoms with E-state index in [-0.39, 0.29) is 18.4 Å². The molecule has 1 fully saturated rings. The van der Waals surface area contributed by atoms with Crippen molar-refractivity contribution in [1.82, 2.24) is 10.2 Å². The molecule has 1 amide bonds. The Bertz CT molecular complexity index is 299. The summed E-state index contributed by atoms with van der Waals surface area (Å²) in [5, 5.41) is 12.0. The molecule has 0 aliphatic carbocycles. The third-order valence-electron chi connectivity index (χ3n) is 3.66. The van der Waals surface area contributed by atoms with E-state index in [9.17, 15) is 9.59 Å². The van der Waals surface area contributed by atoms with Gasteiger partial charge in [-0.25, -0.2) is 0 Å². The van der Waals surface area contributed by atoms with Crippen molar-refractivity contribution in [3.05, 3.63) is 0 Å². The first kappa shape index (κ1) is 16.0. The molecule has 0 atom stereocenters. The van der Waals surface area contributed by atoms with E-state index < -0.39 is 5.97 Å². The van der Waals surface area contributed by atoms with E-state index in [2.05, 4.69) is 5.32 Å². The molecule has 0 saturated carbocycles. The third-order valence-corrected chi connectivity index (χ3v) is 3.66. The number of carboxylic acid groups (broad SMARTS) is 1. The zero-order valence-corrected chi connectivity index (χ0v) is 12.0. The van der Waals surface area contributed by atoms with Crippen LogP contribution >= 0.6 is 0 Å². The van der Waals surface area contributed by atoms with Crippen LogP contribution in [0.25, 0.3) is 0 Å². The van der Waals surface area contributed by atoms with Crippen LogP contribution in [0.3, 0.4) is 0 Å². The van der Waals surface area contributed by atoms with Gasteiger partial charge >= 0.3 is 5.97 Å². The fraction of sp³-hybridized carbons (Fsp3) is 0.857. The molecule has 0 aromatic rings. The van der Waals surface area contributed by atoms with E-state index in [0.717, 1.165) is 25.9 Å². The molecule has 1 heterocycles. The summed E-state index contributed by atoms with van der Waals surface area (Å²) in [4.78, 5) is 24.6. The SMILES string of the molecule is CC(C)N(CCCC(=O)O)C(=O)CC1CCNCC1. The number of carbonyl (C=O) groups excluding carboxylic acids is 1. The maximum atomic E-state index is 12.3. The Labute approximate surface area is 115 Å². The highest BCUT2D eigenvalue weighted by Crippen LogP contribution is 2.18. The lowest BCUT2D eigenvalue weighted by atomic mass is 9.94. The summed E-state index contributed by atoms with van der Waals surface area (Å²) in [5.41, 5.74) is 0. The Morgan fingerprint density at radius 1 is 1.32 bits per heavy atom. The molecule has 5 heteroatoms. The smallest absolute Gasteiger partial charge is 0.303 e. The van der Waals surface area contributed by atoms with Crippen LogP contribution in [0.2, 0.25) is 0 Å². The number of piperidine rings is 1. The summed E-state index contributed by atoms with van der Waals surface area (Å²) in [7, 11) is 0. The molecule has 110 valence electrons. The fourth-order valence-electron chi connectivity index (χ4n) is 2.52. The molecule has 1 aliphatic heterocycles. The van der Waals surface area contributed by atoms with Crippen LogP contribution in [0.1, 0.15) is 46.0 Å². The standard InChI is InChI=1S/C14H26N2O3/c1-11(2)16(9-3-4-14(18)19)13(17)10-12-5-7-15-8-6-12/h11-12,15H,3-10H2,1-2H3,(H,18,19). The fourth-order valence-corrected chi connectivity index (χ4v) is 2.52. The largest absolute Gasteiger partial charge is 0.481 e. The van der Waals surface area contributed by atoms with Crippen LogP contribution in [-0.2, 0) is 9.59 Å². The van der Waals surface area contributed by atoms with Gasteiger partial charge < -0.3 is 15.3 Å². The summed E-state index contributed by atoms with van der Waals surface area (Å²) in [5.74, 6) is -0.142. The summed E-state index contributed by atoms with van der Waals surface area (Å²) in [6.07, 6.45) is 3.39. The number of aliphatic carboxylic acids is 1. The second-order valence-electron chi connectivity index (χ2n) is 5.58. The normalized spacial score (nSPS) is 16.6. The summed E-state index contributed by atoms with van der Waals surface area (Å²) in [6.45, 7) is 6.52. The first-order valence-corrected chi connectivity index (χ1v) is 7.22. The lowest BCUT2D eigenvalue weighted by Gasteiger charge is -2.30. The maximum absolute atomic E-state index is 12.3. The van der Waals surface area contributed by atoms with Gasteiger partial charge in [-0.3, -0.25) is 9.59 Å². The van der Waals surface area contributed by atoms with Crippen LogP contribution in [0, 0.1) is 5.92 Å². The predicted molar refractivity (Wildman–Crippen MR) is 73.9 cm³/mol. The molecule has 1 aliphatic rings. The highest BCUT2D eigenvalue weighted by molar-refractivity contribution is 5.76. The molecule has 0 aromatic heterocycles. The molecule has 0 aromatic carbocycles. The Hall–Kier alpha value is -1.10. The Kier molecular flexibility index (Phi) is 6.84. The van der Waals surface area contributed by atoms with Crippen LogP contribution in [0.4, 0.5) is 0 Å². The van der Waals surface area contributed by atoms with Gasteiger partial charge in [-0.2, -0.15) is 0 Å². The van der Waals surface area contributed by atoms with E-state index in [1.54, 1.807) is 0 Å². The minimum Gasteiger partial charge on any atom is -0.481 e. The molecule has 0 spiro atoms.